The number of aliphatic imine (C=N–C) groups is 1. The molecule has 0 atom stereocenters. The molecule has 1 amide bonds. The molecule has 0 radical (unpaired) electrons. The van der Waals surface area contributed by atoms with E-state index in [-0.39, 0.29) is 0 Å². The summed E-state index contributed by atoms with van der Waals surface area (Å²) in [4.78, 5) is 15.4. The lowest BCUT2D eigenvalue weighted by Crippen LogP contribution is -2.42. The number of amides is 1. The first-order valence-electron chi connectivity index (χ1n) is 5.79. The molecule has 5 heteroatoms. The second-order valence-corrected chi connectivity index (χ2v) is 3.74. The molecule has 0 fully saturated rings. The highest BCUT2D eigenvalue weighted by Gasteiger charge is 2.08. The molecular weight excluding hydrogens is 230 g/mol. The minimum atomic E-state index is -0.512. The van der Waals surface area contributed by atoms with E-state index < -0.39 is 6.09 Å². The Labute approximate surface area is 106 Å². The van der Waals surface area contributed by atoms with Gasteiger partial charge in [0, 0.05) is 12.6 Å². The van der Waals surface area contributed by atoms with Crippen molar-refractivity contribution in [1.29, 1.82) is 0 Å². The molecule has 0 unspecified atom stereocenters. The summed E-state index contributed by atoms with van der Waals surface area (Å²) in [6.07, 6.45) is 3.77. The summed E-state index contributed by atoms with van der Waals surface area (Å²) >= 11 is 0. The third kappa shape index (κ3) is 3.10. The number of carbonyl (C=O) groups is 1. The van der Waals surface area contributed by atoms with Gasteiger partial charge in [-0.25, -0.2) is 15.2 Å². The topological polar surface area (TPSA) is 62.7 Å². The third-order valence-electron chi connectivity index (χ3n) is 2.48. The molecule has 0 aliphatic carbocycles. The van der Waals surface area contributed by atoms with Crippen LogP contribution in [0.2, 0.25) is 0 Å². The predicted molar refractivity (Wildman–Crippen MR) is 69.9 cm³/mol. The lowest BCUT2D eigenvalue weighted by atomic mass is 10.0. The number of hydrazine groups is 1. The summed E-state index contributed by atoms with van der Waals surface area (Å²) in [7, 11) is 0. The summed E-state index contributed by atoms with van der Waals surface area (Å²) in [6, 6.07) is 8.03. The Morgan fingerprint density at radius 2 is 2.28 bits per heavy atom. The van der Waals surface area contributed by atoms with Gasteiger partial charge in [-0.05, 0) is 24.1 Å². The second-order valence-electron chi connectivity index (χ2n) is 3.74. The SMILES string of the molecule is CCOC(=O)NNC1=NC=Cc2ccccc2C1. The zero-order valence-corrected chi connectivity index (χ0v) is 10.1. The molecule has 0 spiro atoms. The van der Waals surface area contributed by atoms with Crippen molar-refractivity contribution in [2.24, 2.45) is 4.99 Å². The van der Waals surface area contributed by atoms with Crippen molar-refractivity contribution in [1.82, 2.24) is 10.9 Å². The Kier molecular flexibility index (Phi) is 3.96. The largest absolute Gasteiger partial charge is 0.449 e. The Bertz CT molecular complexity index is 495. The van der Waals surface area contributed by atoms with Crippen LogP contribution in [0.15, 0.2) is 35.5 Å². The van der Waals surface area contributed by atoms with Gasteiger partial charge in [-0.15, -0.1) is 0 Å². The standard InChI is InChI=1S/C13H15N3O2/c1-2-18-13(17)16-15-12-9-11-6-4-3-5-10(11)7-8-14-12/h3-8H,2,9H2,1H3,(H,14,15)(H,16,17). The zero-order chi connectivity index (χ0) is 12.8. The number of fused-ring (bicyclic) bond motifs is 1. The van der Waals surface area contributed by atoms with Crippen LogP contribution in [-0.4, -0.2) is 18.5 Å². The van der Waals surface area contributed by atoms with Gasteiger partial charge in [0.05, 0.1) is 6.61 Å². The fourth-order valence-corrected chi connectivity index (χ4v) is 1.66. The Morgan fingerprint density at radius 1 is 1.44 bits per heavy atom. The molecule has 1 aliphatic heterocycles. The number of amidine groups is 1. The number of nitrogens with one attached hydrogen (secondary N) is 2. The highest BCUT2D eigenvalue weighted by Crippen LogP contribution is 2.14. The molecule has 0 saturated heterocycles. The molecule has 0 saturated carbocycles. The van der Waals surface area contributed by atoms with E-state index in [4.69, 9.17) is 4.74 Å². The van der Waals surface area contributed by atoms with Gasteiger partial charge in [0.15, 0.2) is 0 Å². The monoisotopic (exact) mass is 245 g/mol. The van der Waals surface area contributed by atoms with Crippen molar-refractivity contribution >= 4 is 18.0 Å². The van der Waals surface area contributed by atoms with Crippen LogP contribution in [0.25, 0.3) is 6.08 Å². The first-order valence-corrected chi connectivity index (χ1v) is 5.79. The summed E-state index contributed by atoms with van der Waals surface area (Å²) in [6.45, 7) is 2.09. The molecule has 18 heavy (non-hydrogen) atoms. The van der Waals surface area contributed by atoms with Gasteiger partial charge in [-0.1, -0.05) is 24.3 Å². The number of hydrogen-bond donors (Lipinski definition) is 2. The normalized spacial score (nSPS) is 13.1. The molecule has 0 aromatic heterocycles. The van der Waals surface area contributed by atoms with Gasteiger partial charge in [-0.2, -0.15) is 0 Å². The van der Waals surface area contributed by atoms with E-state index in [1.54, 1.807) is 13.1 Å². The number of hydrogen-bond acceptors (Lipinski definition) is 4. The second kappa shape index (κ2) is 5.86. The molecule has 1 aromatic carbocycles. The van der Waals surface area contributed by atoms with Crippen molar-refractivity contribution in [2.45, 2.75) is 13.3 Å². The van der Waals surface area contributed by atoms with Crippen LogP contribution in [0.1, 0.15) is 18.1 Å². The molecule has 2 rings (SSSR count). The smallest absolute Gasteiger partial charge is 0.425 e. The minimum absolute atomic E-state index is 0.336. The average Bonchev–Trinajstić information content (AvgIpc) is 2.58. The lowest BCUT2D eigenvalue weighted by molar-refractivity contribution is 0.150. The third-order valence-corrected chi connectivity index (χ3v) is 2.48. The van der Waals surface area contributed by atoms with Gasteiger partial charge in [0.2, 0.25) is 0 Å². The maximum atomic E-state index is 11.1. The minimum Gasteiger partial charge on any atom is -0.449 e. The van der Waals surface area contributed by atoms with Crippen molar-refractivity contribution in [3.63, 3.8) is 0 Å². The van der Waals surface area contributed by atoms with Crippen LogP contribution in [0.4, 0.5) is 4.79 Å². The highest BCUT2D eigenvalue weighted by atomic mass is 16.5. The van der Waals surface area contributed by atoms with Gasteiger partial charge in [0.1, 0.15) is 5.84 Å². The summed E-state index contributed by atoms with van der Waals surface area (Å²) < 4.78 is 4.75. The van der Waals surface area contributed by atoms with Crippen LogP contribution in [0.3, 0.4) is 0 Å². The maximum absolute atomic E-state index is 11.1. The fourth-order valence-electron chi connectivity index (χ4n) is 1.66. The van der Waals surface area contributed by atoms with E-state index >= 15 is 0 Å². The summed E-state index contributed by atoms with van der Waals surface area (Å²) in [5.74, 6) is 0.671. The Morgan fingerprint density at radius 3 is 3.11 bits per heavy atom. The number of benzene rings is 1. The number of nitrogens with zero attached hydrogens (tertiary/aromatic N) is 1. The molecular formula is C13H15N3O2. The number of carbonyl (C=O) groups excluding carboxylic acids is 1. The van der Waals surface area contributed by atoms with Crippen LogP contribution in [0, 0.1) is 0 Å². The highest BCUT2D eigenvalue weighted by molar-refractivity contribution is 5.88. The summed E-state index contributed by atoms with van der Waals surface area (Å²) in [5, 5.41) is 0. The zero-order valence-electron chi connectivity index (χ0n) is 10.1. The Hall–Kier alpha value is -2.30. The first-order chi connectivity index (χ1) is 8.79. The summed E-state index contributed by atoms with van der Waals surface area (Å²) in [5.41, 5.74) is 7.49. The molecule has 1 aromatic rings. The lowest BCUT2D eigenvalue weighted by Gasteiger charge is -2.10. The van der Waals surface area contributed by atoms with Crippen LogP contribution in [-0.2, 0) is 11.2 Å². The van der Waals surface area contributed by atoms with Gasteiger partial charge in [0.25, 0.3) is 0 Å². The van der Waals surface area contributed by atoms with E-state index in [9.17, 15) is 4.79 Å². The van der Waals surface area contributed by atoms with E-state index in [1.807, 2.05) is 30.3 Å². The van der Waals surface area contributed by atoms with Crippen molar-refractivity contribution in [3.05, 3.63) is 41.6 Å². The molecule has 0 bridgehead atoms. The molecule has 94 valence electrons. The Balaban J connectivity index is 1.98. The van der Waals surface area contributed by atoms with E-state index in [2.05, 4.69) is 15.8 Å². The van der Waals surface area contributed by atoms with E-state index in [0.29, 0.717) is 18.9 Å². The molecule has 1 aliphatic rings. The van der Waals surface area contributed by atoms with Crippen LogP contribution >= 0.6 is 0 Å². The molecule has 1 heterocycles. The molecule has 5 nitrogen and oxygen atoms in total. The van der Waals surface area contributed by atoms with Crippen LogP contribution in [0.5, 0.6) is 0 Å². The average molecular weight is 245 g/mol. The van der Waals surface area contributed by atoms with Gasteiger partial charge < -0.3 is 4.74 Å². The molecule has 2 N–H and O–H groups in total. The van der Waals surface area contributed by atoms with Gasteiger partial charge >= 0.3 is 6.09 Å². The maximum Gasteiger partial charge on any atom is 0.425 e. The van der Waals surface area contributed by atoms with Crippen LogP contribution < -0.4 is 10.9 Å². The number of rotatable bonds is 1. The number of ether oxygens (including phenoxy) is 1. The van der Waals surface area contributed by atoms with Crippen molar-refractivity contribution in [3.8, 4) is 0 Å². The van der Waals surface area contributed by atoms with Crippen molar-refractivity contribution in [2.75, 3.05) is 6.61 Å². The predicted octanol–water partition coefficient (Wildman–Crippen LogP) is 1.86. The van der Waals surface area contributed by atoms with Gasteiger partial charge in [-0.3, -0.25) is 5.43 Å². The van der Waals surface area contributed by atoms with E-state index in [1.165, 1.54) is 0 Å². The first kappa shape index (κ1) is 12.2. The van der Waals surface area contributed by atoms with E-state index in [0.717, 1.165) is 11.1 Å². The fraction of sp³-hybridized carbons (Fsp3) is 0.231. The quantitative estimate of drug-likeness (QED) is 0.742. The van der Waals surface area contributed by atoms with Crippen molar-refractivity contribution < 1.29 is 9.53 Å².